The van der Waals surface area contributed by atoms with E-state index in [4.69, 9.17) is 15.2 Å². The zero-order chi connectivity index (χ0) is 40.8. The summed E-state index contributed by atoms with van der Waals surface area (Å²) in [7, 11) is -2.54. The average molecular weight is 798 g/mol. The third kappa shape index (κ3) is 12.7. The van der Waals surface area contributed by atoms with Gasteiger partial charge in [-0.3, -0.25) is 14.4 Å². The van der Waals surface area contributed by atoms with Crippen LogP contribution in [0.5, 0.6) is 5.75 Å². The van der Waals surface area contributed by atoms with Crippen molar-refractivity contribution >= 4 is 44.8 Å². The summed E-state index contributed by atoms with van der Waals surface area (Å²) in [4.78, 5) is 41.2. The number of hydrogen-bond donors (Lipinski definition) is 4. The number of hydrogen-bond acceptors (Lipinski definition) is 9. The number of anilines is 3. The predicted molar refractivity (Wildman–Crippen MR) is 214 cm³/mol. The van der Waals surface area contributed by atoms with Crippen molar-refractivity contribution in [2.75, 3.05) is 49.7 Å². The minimum absolute atomic E-state index is 0.0291. The van der Waals surface area contributed by atoms with E-state index in [1.54, 1.807) is 49.4 Å². The van der Waals surface area contributed by atoms with Crippen LogP contribution in [0.4, 0.5) is 21.5 Å². The smallest absolute Gasteiger partial charge is 0.258 e. The number of para-hydroxylation sites is 2. The number of aliphatic hydroxyl groups is 1. The Hall–Kier alpha value is -4.57. The molecule has 13 nitrogen and oxygen atoms in total. The standard InChI is InChI=1S/C41H56FN5O8S/c1-28-25-47(29(2)27-48)41(51)34-24-32(44-39(49)15-6-5-7-16-40(50)45-36-14-9-8-13-35(36)43)19-22-37(34)55-30(3)12-10-11-23-54-38(28)26-46(4)56(52,53)33-20-17-31(42)18-21-33/h8-9,13-14,17-22,24,28-30,38,48H,5-7,10-12,15-16,23,25-27,43H2,1-4H3,(H,44,49)(H,45,50)/t28-,29+,30-,38-/m0/s1. The molecule has 56 heavy (non-hydrogen) atoms. The molecule has 1 heterocycles. The van der Waals surface area contributed by atoms with Gasteiger partial charge in [0.1, 0.15) is 11.6 Å². The van der Waals surface area contributed by atoms with Crippen molar-refractivity contribution < 1.29 is 41.8 Å². The molecule has 15 heteroatoms. The molecular weight excluding hydrogens is 742 g/mol. The van der Waals surface area contributed by atoms with Crippen molar-refractivity contribution in [1.29, 1.82) is 0 Å². The van der Waals surface area contributed by atoms with Gasteiger partial charge in [-0.2, -0.15) is 4.31 Å². The van der Waals surface area contributed by atoms with Crippen LogP contribution in [-0.2, 0) is 24.3 Å². The van der Waals surface area contributed by atoms with E-state index in [9.17, 15) is 32.3 Å². The number of rotatable bonds is 14. The second kappa shape index (κ2) is 21.1. The van der Waals surface area contributed by atoms with Crippen molar-refractivity contribution in [2.45, 2.75) is 95.3 Å². The summed E-state index contributed by atoms with van der Waals surface area (Å²) in [5, 5.41) is 15.9. The highest BCUT2D eigenvalue weighted by Gasteiger charge is 2.32. The second-order valence-corrected chi connectivity index (χ2v) is 16.5. The molecule has 1 aliphatic heterocycles. The van der Waals surface area contributed by atoms with Crippen LogP contribution in [0.2, 0.25) is 0 Å². The number of carbonyl (C=O) groups is 3. The molecule has 0 saturated heterocycles. The number of halogens is 1. The van der Waals surface area contributed by atoms with Crippen LogP contribution in [-0.4, -0.2) is 92.1 Å². The summed E-state index contributed by atoms with van der Waals surface area (Å²) in [6.45, 7) is 5.58. The first-order valence-corrected chi connectivity index (χ1v) is 20.6. The van der Waals surface area contributed by atoms with Gasteiger partial charge in [-0.05, 0) is 101 Å². The molecule has 3 aromatic carbocycles. The Morgan fingerprint density at radius 1 is 1.00 bits per heavy atom. The maximum atomic E-state index is 14.4. The number of ether oxygens (including phenoxy) is 2. The van der Waals surface area contributed by atoms with Crippen molar-refractivity contribution in [3.05, 3.63) is 78.1 Å². The number of amides is 3. The molecule has 0 aliphatic carbocycles. The van der Waals surface area contributed by atoms with Crippen molar-refractivity contribution in [1.82, 2.24) is 9.21 Å². The van der Waals surface area contributed by atoms with Crippen LogP contribution in [0.1, 0.15) is 82.5 Å². The van der Waals surface area contributed by atoms with Crippen molar-refractivity contribution in [3.8, 4) is 5.75 Å². The van der Waals surface area contributed by atoms with E-state index in [-0.39, 0.29) is 54.5 Å². The molecule has 0 saturated carbocycles. The van der Waals surface area contributed by atoms with Gasteiger partial charge in [0.15, 0.2) is 0 Å². The van der Waals surface area contributed by atoms with E-state index in [0.29, 0.717) is 67.9 Å². The second-order valence-electron chi connectivity index (χ2n) is 14.5. The Morgan fingerprint density at radius 2 is 1.68 bits per heavy atom. The van der Waals surface area contributed by atoms with Gasteiger partial charge in [0.05, 0.1) is 46.7 Å². The molecule has 5 N–H and O–H groups in total. The van der Waals surface area contributed by atoms with Crippen LogP contribution < -0.4 is 21.1 Å². The zero-order valence-corrected chi connectivity index (χ0v) is 33.5. The molecule has 4 rings (SSSR count). The van der Waals surface area contributed by atoms with Crippen LogP contribution in [0, 0.1) is 11.7 Å². The summed E-state index contributed by atoms with van der Waals surface area (Å²) < 4.78 is 54.1. The van der Waals surface area contributed by atoms with E-state index in [1.165, 1.54) is 28.4 Å². The minimum atomic E-state index is -3.98. The predicted octanol–water partition coefficient (Wildman–Crippen LogP) is 6.05. The third-order valence-electron chi connectivity index (χ3n) is 9.84. The highest BCUT2D eigenvalue weighted by Crippen LogP contribution is 2.29. The van der Waals surface area contributed by atoms with Crippen LogP contribution in [0.25, 0.3) is 0 Å². The summed E-state index contributed by atoms with van der Waals surface area (Å²) in [6, 6.07) is 15.9. The van der Waals surface area contributed by atoms with E-state index in [2.05, 4.69) is 10.6 Å². The summed E-state index contributed by atoms with van der Waals surface area (Å²) in [5.74, 6) is -1.43. The van der Waals surface area contributed by atoms with Gasteiger partial charge < -0.3 is 35.8 Å². The number of nitrogens with zero attached hydrogens (tertiary/aromatic N) is 2. The first-order valence-electron chi connectivity index (χ1n) is 19.2. The Balaban J connectivity index is 1.46. The number of nitrogen functional groups attached to an aromatic ring is 1. The fourth-order valence-corrected chi connectivity index (χ4v) is 7.58. The fraction of sp³-hybridized carbons (Fsp3) is 0.488. The zero-order valence-electron chi connectivity index (χ0n) is 32.7. The summed E-state index contributed by atoms with van der Waals surface area (Å²) >= 11 is 0. The number of carbonyl (C=O) groups excluding carboxylic acids is 3. The van der Waals surface area contributed by atoms with Crippen LogP contribution in [0.3, 0.4) is 0 Å². The van der Waals surface area contributed by atoms with Gasteiger partial charge >= 0.3 is 0 Å². The maximum Gasteiger partial charge on any atom is 0.258 e. The average Bonchev–Trinajstić information content (AvgIpc) is 3.16. The molecule has 0 spiro atoms. The third-order valence-corrected chi connectivity index (χ3v) is 11.7. The van der Waals surface area contributed by atoms with Gasteiger partial charge in [-0.25, -0.2) is 12.8 Å². The van der Waals surface area contributed by atoms with Gasteiger partial charge in [0.2, 0.25) is 21.8 Å². The van der Waals surface area contributed by atoms with Crippen LogP contribution in [0.15, 0.2) is 71.6 Å². The largest absolute Gasteiger partial charge is 0.490 e. The SMILES string of the molecule is C[C@H](CO)N1C[C@H](C)[C@H](CN(C)S(=O)(=O)c2ccc(F)cc2)OCCCC[C@H](C)Oc2ccc(NC(=O)CCCCCC(=O)Nc3ccccc3N)cc2C1=O. The first-order chi connectivity index (χ1) is 26.7. The molecule has 4 atom stereocenters. The number of nitrogens with two attached hydrogens (primary N) is 1. The lowest BCUT2D eigenvalue weighted by Gasteiger charge is -2.35. The normalized spacial score (nSPS) is 19.0. The lowest BCUT2D eigenvalue weighted by Crippen LogP contribution is -2.48. The first kappa shape index (κ1) is 44.1. The molecule has 0 bridgehead atoms. The Kier molecular flexibility index (Phi) is 16.6. The van der Waals surface area contributed by atoms with E-state index < -0.39 is 39.8 Å². The Bertz CT molecular complexity index is 1880. The molecular formula is C41H56FN5O8S. The number of likely N-dealkylation sites (N-methyl/N-ethyl adjacent to an activating group) is 1. The van der Waals surface area contributed by atoms with Crippen LogP contribution >= 0.6 is 0 Å². The van der Waals surface area contributed by atoms with E-state index >= 15 is 0 Å². The quantitative estimate of drug-likeness (QED) is 0.112. The number of sulfonamides is 1. The molecule has 0 radical (unpaired) electrons. The monoisotopic (exact) mass is 797 g/mol. The van der Waals surface area contributed by atoms with Crippen molar-refractivity contribution in [2.24, 2.45) is 5.92 Å². The van der Waals surface area contributed by atoms with E-state index in [0.717, 1.165) is 18.6 Å². The number of aliphatic hydroxyl groups excluding tert-OH is 1. The minimum Gasteiger partial charge on any atom is -0.490 e. The number of nitrogens with one attached hydrogen (secondary N) is 2. The highest BCUT2D eigenvalue weighted by molar-refractivity contribution is 7.89. The van der Waals surface area contributed by atoms with E-state index in [1.807, 2.05) is 13.8 Å². The molecule has 1 aliphatic rings. The highest BCUT2D eigenvalue weighted by atomic mass is 32.2. The number of benzene rings is 3. The Labute approximate surface area is 329 Å². The topological polar surface area (TPSA) is 181 Å². The maximum absolute atomic E-state index is 14.4. The van der Waals surface area contributed by atoms with Gasteiger partial charge in [0.25, 0.3) is 5.91 Å². The Morgan fingerprint density at radius 3 is 2.36 bits per heavy atom. The molecule has 3 amide bonds. The molecule has 0 fully saturated rings. The molecule has 3 aromatic rings. The lowest BCUT2D eigenvalue weighted by atomic mass is 10.0. The molecule has 0 unspecified atom stereocenters. The number of unbranched alkanes of at least 4 members (excludes halogenated alkanes) is 2. The lowest BCUT2D eigenvalue weighted by molar-refractivity contribution is -0.116. The summed E-state index contributed by atoms with van der Waals surface area (Å²) in [6.07, 6.45) is 3.53. The fourth-order valence-electron chi connectivity index (χ4n) is 6.40. The van der Waals surface area contributed by atoms with Gasteiger partial charge in [0, 0.05) is 51.2 Å². The molecule has 306 valence electrons. The summed E-state index contributed by atoms with van der Waals surface area (Å²) in [5.41, 5.74) is 7.56. The van der Waals surface area contributed by atoms with Gasteiger partial charge in [-0.1, -0.05) is 25.5 Å². The van der Waals surface area contributed by atoms with Crippen molar-refractivity contribution in [3.63, 3.8) is 0 Å². The van der Waals surface area contributed by atoms with Gasteiger partial charge in [-0.15, -0.1) is 0 Å². The number of fused-ring (bicyclic) bond motifs is 1. The molecule has 0 aromatic heterocycles.